The summed E-state index contributed by atoms with van der Waals surface area (Å²) in [5, 5.41) is 0. The Labute approximate surface area is 115 Å². The number of rotatable bonds is 2. The molecule has 2 aliphatic heterocycles. The zero-order valence-corrected chi connectivity index (χ0v) is 12.1. The minimum absolute atomic E-state index is 0.0179. The average Bonchev–Trinajstić information content (AvgIpc) is 2.76. The predicted octanol–water partition coefficient (Wildman–Crippen LogP) is 2.17. The Hall–Kier alpha value is -1.07. The zero-order valence-electron chi connectivity index (χ0n) is 11.2. The topological polar surface area (TPSA) is 40.6 Å². The van der Waals surface area contributed by atoms with E-state index in [1.165, 1.54) is 0 Å². The van der Waals surface area contributed by atoms with Crippen molar-refractivity contribution in [1.82, 2.24) is 4.31 Å². The summed E-state index contributed by atoms with van der Waals surface area (Å²) in [6, 6.07) is 7.85. The molecule has 1 aromatic carbocycles. The van der Waals surface area contributed by atoms with Crippen molar-refractivity contribution in [2.45, 2.75) is 38.6 Å². The number of nitrogens with zero attached hydrogens (tertiary/aromatic N) is 2. The molecule has 5 heteroatoms. The molecule has 0 spiro atoms. The monoisotopic (exact) mass is 280 g/mol. The lowest BCUT2D eigenvalue weighted by molar-refractivity contribution is 0.344. The number of piperidine rings is 1. The van der Waals surface area contributed by atoms with Crippen LogP contribution in [-0.2, 0) is 16.6 Å². The van der Waals surface area contributed by atoms with Gasteiger partial charge in [-0.15, -0.1) is 0 Å². The van der Waals surface area contributed by atoms with Gasteiger partial charge < -0.3 is 0 Å². The maximum Gasteiger partial charge on any atom is 0.304 e. The SMILES string of the molecule is CC1Cc2ccccc2N1S(=O)(=O)N1CCCCC1. The van der Waals surface area contributed by atoms with Crippen LogP contribution in [0.5, 0.6) is 0 Å². The molecule has 1 saturated heterocycles. The molecule has 2 aliphatic rings. The summed E-state index contributed by atoms with van der Waals surface area (Å²) >= 11 is 0. The van der Waals surface area contributed by atoms with Crippen LogP contribution in [0.4, 0.5) is 5.69 Å². The van der Waals surface area contributed by atoms with Gasteiger partial charge in [-0.1, -0.05) is 24.6 Å². The zero-order chi connectivity index (χ0) is 13.5. The summed E-state index contributed by atoms with van der Waals surface area (Å²) < 4.78 is 28.9. The Morgan fingerprint density at radius 1 is 1.11 bits per heavy atom. The fraction of sp³-hybridized carbons (Fsp3) is 0.571. The Bertz CT molecular complexity index is 565. The molecule has 2 heterocycles. The number of hydrogen-bond donors (Lipinski definition) is 0. The van der Waals surface area contributed by atoms with E-state index in [0.29, 0.717) is 13.1 Å². The first kappa shape index (κ1) is 12.9. The van der Waals surface area contributed by atoms with Gasteiger partial charge in [-0.2, -0.15) is 12.7 Å². The summed E-state index contributed by atoms with van der Waals surface area (Å²) in [5.41, 5.74) is 2.00. The van der Waals surface area contributed by atoms with Crippen molar-refractivity contribution in [3.63, 3.8) is 0 Å². The van der Waals surface area contributed by atoms with Gasteiger partial charge in [0.15, 0.2) is 0 Å². The van der Waals surface area contributed by atoms with Gasteiger partial charge in [0, 0.05) is 19.1 Å². The second-order valence-electron chi connectivity index (χ2n) is 5.45. The van der Waals surface area contributed by atoms with E-state index in [-0.39, 0.29) is 6.04 Å². The minimum atomic E-state index is -3.36. The maximum atomic E-state index is 12.8. The van der Waals surface area contributed by atoms with Crippen LogP contribution < -0.4 is 4.31 Å². The first-order valence-corrected chi connectivity index (χ1v) is 8.38. The van der Waals surface area contributed by atoms with E-state index in [0.717, 1.165) is 36.9 Å². The van der Waals surface area contributed by atoms with Crippen LogP contribution in [0, 0.1) is 0 Å². The standard InChI is InChI=1S/C14H20N2O2S/c1-12-11-13-7-3-4-8-14(13)16(12)19(17,18)15-9-5-2-6-10-15/h3-4,7-8,12H,2,5-6,9-11H2,1H3. The van der Waals surface area contributed by atoms with Gasteiger partial charge >= 0.3 is 10.2 Å². The Morgan fingerprint density at radius 2 is 1.79 bits per heavy atom. The minimum Gasteiger partial charge on any atom is -0.254 e. The molecule has 1 atom stereocenters. The van der Waals surface area contributed by atoms with Crippen LogP contribution in [0.3, 0.4) is 0 Å². The van der Waals surface area contributed by atoms with E-state index in [4.69, 9.17) is 0 Å². The van der Waals surface area contributed by atoms with Gasteiger partial charge in [0.05, 0.1) is 5.69 Å². The number of para-hydroxylation sites is 1. The van der Waals surface area contributed by atoms with Crippen molar-refractivity contribution < 1.29 is 8.42 Å². The van der Waals surface area contributed by atoms with Crippen molar-refractivity contribution in [2.24, 2.45) is 0 Å². The smallest absolute Gasteiger partial charge is 0.254 e. The van der Waals surface area contributed by atoms with E-state index in [9.17, 15) is 8.42 Å². The normalized spacial score (nSPS) is 24.5. The van der Waals surface area contributed by atoms with Gasteiger partial charge in [-0.25, -0.2) is 0 Å². The largest absolute Gasteiger partial charge is 0.304 e. The van der Waals surface area contributed by atoms with Gasteiger partial charge in [0.2, 0.25) is 0 Å². The molecule has 1 unspecified atom stereocenters. The van der Waals surface area contributed by atoms with Crippen LogP contribution >= 0.6 is 0 Å². The van der Waals surface area contributed by atoms with Crippen LogP contribution in [0.2, 0.25) is 0 Å². The first-order valence-electron chi connectivity index (χ1n) is 6.98. The van der Waals surface area contributed by atoms with Gasteiger partial charge in [-0.3, -0.25) is 4.31 Å². The van der Waals surface area contributed by atoms with Gasteiger partial charge in [-0.05, 0) is 37.8 Å². The van der Waals surface area contributed by atoms with E-state index in [2.05, 4.69) is 0 Å². The van der Waals surface area contributed by atoms with Gasteiger partial charge in [0.1, 0.15) is 0 Å². The quantitative estimate of drug-likeness (QED) is 0.833. The summed E-state index contributed by atoms with van der Waals surface area (Å²) in [5.74, 6) is 0. The number of hydrogen-bond acceptors (Lipinski definition) is 2. The Kier molecular flexibility index (Phi) is 3.27. The molecular formula is C14H20N2O2S. The van der Waals surface area contributed by atoms with Crippen molar-refractivity contribution in [1.29, 1.82) is 0 Å². The lowest BCUT2D eigenvalue weighted by Gasteiger charge is -2.33. The molecule has 0 aromatic heterocycles. The maximum absolute atomic E-state index is 12.8. The van der Waals surface area contributed by atoms with Crippen molar-refractivity contribution in [3.8, 4) is 0 Å². The highest BCUT2D eigenvalue weighted by Crippen LogP contribution is 2.35. The number of fused-ring (bicyclic) bond motifs is 1. The highest BCUT2D eigenvalue weighted by Gasteiger charge is 2.38. The summed E-state index contributed by atoms with van der Waals surface area (Å²) in [4.78, 5) is 0. The highest BCUT2D eigenvalue weighted by molar-refractivity contribution is 7.90. The number of benzene rings is 1. The molecular weight excluding hydrogens is 260 g/mol. The van der Waals surface area contributed by atoms with Crippen LogP contribution in [0.15, 0.2) is 24.3 Å². The molecule has 0 radical (unpaired) electrons. The van der Waals surface area contributed by atoms with Gasteiger partial charge in [0.25, 0.3) is 0 Å². The second-order valence-corrected chi connectivity index (χ2v) is 7.25. The molecule has 3 rings (SSSR count). The number of anilines is 1. The Balaban J connectivity index is 1.97. The van der Waals surface area contributed by atoms with Crippen molar-refractivity contribution in [2.75, 3.05) is 17.4 Å². The lowest BCUT2D eigenvalue weighted by atomic mass is 10.1. The second kappa shape index (κ2) is 4.80. The predicted molar refractivity (Wildman–Crippen MR) is 76.4 cm³/mol. The van der Waals surface area contributed by atoms with E-state index >= 15 is 0 Å². The van der Waals surface area contributed by atoms with Crippen LogP contribution in [0.1, 0.15) is 31.7 Å². The molecule has 4 nitrogen and oxygen atoms in total. The third-order valence-electron chi connectivity index (χ3n) is 4.03. The molecule has 1 fully saturated rings. The molecule has 0 N–H and O–H groups in total. The molecule has 19 heavy (non-hydrogen) atoms. The van der Waals surface area contributed by atoms with Crippen molar-refractivity contribution in [3.05, 3.63) is 29.8 Å². The Morgan fingerprint density at radius 3 is 2.53 bits per heavy atom. The third kappa shape index (κ3) is 2.15. The molecule has 0 amide bonds. The lowest BCUT2D eigenvalue weighted by Crippen LogP contribution is -2.48. The molecule has 0 saturated carbocycles. The van der Waals surface area contributed by atoms with Crippen molar-refractivity contribution >= 4 is 15.9 Å². The van der Waals surface area contributed by atoms with E-state index in [1.807, 2.05) is 31.2 Å². The fourth-order valence-electron chi connectivity index (χ4n) is 3.11. The van der Waals surface area contributed by atoms with Crippen LogP contribution in [0.25, 0.3) is 0 Å². The summed E-state index contributed by atoms with van der Waals surface area (Å²) in [6.07, 6.45) is 3.90. The first-order chi connectivity index (χ1) is 9.10. The molecule has 0 aliphatic carbocycles. The fourth-order valence-corrected chi connectivity index (χ4v) is 5.03. The van der Waals surface area contributed by atoms with E-state index < -0.39 is 10.2 Å². The third-order valence-corrected chi connectivity index (χ3v) is 6.11. The van der Waals surface area contributed by atoms with Crippen LogP contribution in [-0.4, -0.2) is 31.9 Å². The summed E-state index contributed by atoms with van der Waals surface area (Å²) in [6.45, 7) is 3.31. The average molecular weight is 280 g/mol. The van der Waals surface area contributed by atoms with E-state index in [1.54, 1.807) is 8.61 Å². The molecule has 1 aromatic rings. The molecule has 0 bridgehead atoms. The summed E-state index contributed by atoms with van der Waals surface area (Å²) in [7, 11) is -3.36. The molecule has 104 valence electrons. The highest BCUT2D eigenvalue weighted by atomic mass is 32.2.